The fourth-order valence-corrected chi connectivity index (χ4v) is 11.3. The third kappa shape index (κ3) is 4.41. The van der Waals surface area contributed by atoms with Gasteiger partial charge in [-0.05, 0) is 94.0 Å². The van der Waals surface area contributed by atoms with Crippen molar-refractivity contribution in [3.63, 3.8) is 0 Å². The van der Waals surface area contributed by atoms with Gasteiger partial charge in [-0.25, -0.2) is 0 Å². The highest BCUT2D eigenvalue weighted by Crippen LogP contribution is 2.50. The SMILES string of the molecule is c1ccc2c(-c3c4ccccc4c(-c4ccc(-c5ccc6c(c5)sc5c7ccccc7c7c8ccccc8oc7c65)c5ccccc45)c4ccccc34)cccc2c1. The second-order valence-corrected chi connectivity index (χ2v) is 16.5. The van der Waals surface area contributed by atoms with Crippen LogP contribution >= 0.6 is 11.3 Å². The first-order valence-corrected chi connectivity index (χ1v) is 20.7. The van der Waals surface area contributed by atoms with E-state index in [1.165, 1.54) is 118 Å². The Morgan fingerprint density at radius 2 is 0.845 bits per heavy atom. The number of thiophene rings is 1. The maximum atomic E-state index is 6.69. The van der Waals surface area contributed by atoms with Crippen LogP contribution in [0.3, 0.4) is 0 Å². The van der Waals surface area contributed by atoms with Crippen LogP contribution in [0.15, 0.2) is 199 Å². The topological polar surface area (TPSA) is 13.1 Å². The number of para-hydroxylation sites is 1. The van der Waals surface area contributed by atoms with E-state index in [9.17, 15) is 0 Å². The predicted octanol–water partition coefficient (Wildman–Crippen LogP) is 16.7. The molecule has 2 aromatic heterocycles. The minimum absolute atomic E-state index is 0.932. The van der Waals surface area contributed by atoms with E-state index in [1.54, 1.807) is 0 Å². The molecular formula is C56H32OS. The molecule has 268 valence electrons. The van der Waals surface area contributed by atoms with Gasteiger partial charge >= 0.3 is 0 Å². The smallest absolute Gasteiger partial charge is 0.145 e. The fraction of sp³-hybridized carbons (Fsp3) is 0. The molecule has 2 heteroatoms. The molecule has 13 rings (SSSR count). The lowest BCUT2D eigenvalue weighted by molar-refractivity contribution is 0.673. The molecule has 0 atom stereocenters. The Kier molecular flexibility index (Phi) is 6.66. The summed E-state index contributed by atoms with van der Waals surface area (Å²) in [6.45, 7) is 0. The molecule has 0 saturated carbocycles. The molecule has 0 aliphatic heterocycles. The minimum atomic E-state index is 0.932. The van der Waals surface area contributed by atoms with Gasteiger partial charge < -0.3 is 4.42 Å². The van der Waals surface area contributed by atoms with Crippen LogP contribution in [0.5, 0.6) is 0 Å². The van der Waals surface area contributed by atoms with E-state index in [-0.39, 0.29) is 0 Å². The Balaban J connectivity index is 1.05. The van der Waals surface area contributed by atoms with Crippen LogP contribution in [-0.2, 0) is 0 Å². The molecular weight excluding hydrogens is 721 g/mol. The summed E-state index contributed by atoms with van der Waals surface area (Å²) in [5, 5.41) is 17.4. The lowest BCUT2D eigenvalue weighted by atomic mass is 9.83. The van der Waals surface area contributed by atoms with Crippen molar-refractivity contribution in [1.82, 2.24) is 0 Å². The van der Waals surface area contributed by atoms with E-state index in [2.05, 4.69) is 194 Å². The largest absolute Gasteiger partial charge is 0.455 e. The highest BCUT2D eigenvalue weighted by molar-refractivity contribution is 7.27. The van der Waals surface area contributed by atoms with Gasteiger partial charge in [0.05, 0.1) is 0 Å². The van der Waals surface area contributed by atoms with Gasteiger partial charge in [-0.2, -0.15) is 0 Å². The molecule has 0 amide bonds. The van der Waals surface area contributed by atoms with Gasteiger partial charge in [-0.1, -0.05) is 182 Å². The molecule has 0 saturated heterocycles. The predicted molar refractivity (Wildman–Crippen MR) is 250 cm³/mol. The quantitative estimate of drug-likeness (QED) is 0.164. The molecule has 58 heavy (non-hydrogen) atoms. The van der Waals surface area contributed by atoms with E-state index in [4.69, 9.17) is 4.42 Å². The summed E-state index contributed by atoms with van der Waals surface area (Å²) in [6, 6.07) is 71.4. The molecule has 13 aromatic rings. The van der Waals surface area contributed by atoms with Gasteiger partial charge in [0.2, 0.25) is 0 Å². The summed E-state index contributed by atoms with van der Waals surface area (Å²) >= 11 is 1.87. The maximum absolute atomic E-state index is 6.69. The molecule has 2 heterocycles. The van der Waals surface area contributed by atoms with Crippen LogP contribution in [0.2, 0.25) is 0 Å². The van der Waals surface area contributed by atoms with Crippen molar-refractivity contribution >= 4 is 107 Å². The molecule has 0 N–H and O–H groups in total. The average Bonchev–Trinajstić information content (AvgIpc) is 3.87. The van der Waals surface area contributed by atoms with Crippen molar-refractivity contribution in [3.05, 3.63) is 194 Å². The highest BCUT2D eigenvalue weighted by Gasteiger charge is 2.22. The van der Waals surface area contributed by atoms with Crippen LogP contribution in [0.1, 0.15) is 0 Å². The van der Waals surface area contributed by atoms with Crippen molar-refractivity contribution in [3.8, 4) is 33.4 Å². The zero-order valence-corrected chi connectivity index (χ0v) is 32.1. The van der Waals surface area contributed by atoms with E-state index < -0.39 is 0 Å². The van der Waals surface area contributed by atoms with E-state index in [0.717, 1.165) is 11.2 Å². The monoisotopic (exact) mass is 752 g/mol. The zero-order valence-electron chi connectivity index (χ0n) is 31.3. The van der Waals surface area contributed by atoms with Crippen LogP contribution < -0.4 is 0 Å². The molecule has 0 fully saturated rings. The van der Waals surface area contributed by atoms with Gasteiger partial charge in [0.15, 0.2) is 0 Å². The van der Waals surface area contributed by atoms with Crippen LogP contribution in [-0.4, -0.2) is 0 Å². The Labute approximate surface area is 337 Å². The third-order valence-electron chi connectivity index (χ3n) is 12.4. The number of hydrogen-bond acceptors (Lipinski definition) is 2. The second-order valence-electron chi connectivity index (χ2n) is 15.4. The summed E-state index contributed by atoms with van der Waals surface area (Å²) in [6.07, 6.45) is 0. The molecule has 0 unspecified atom stereocenters. The van der Waals surface area contributed by atoms with Crippen molar-refractivity contribution in [2.24, 2.45) is 0 Å². The summed E-state index contributed by atoms with van der Waals surface area (Å²) in [5.74, 6) is 0. The number of benzene rings is 11. The van der Waals surface area contributed by atoms with Crippen molar-refractivity contribution < 1.29 is 4.42 Å². The maximum Gasteiger partial charge on any atom is 0.145 e. The number of rotatable bonds is 3. The van der Waals surface area contributed by atoms with Crippen molar-refractivity contribution in [2.75, 3.05) is 0 Å². The lowest BCUT2D eigenvalue weighted by Gasteiger charge is -2.20. The molecule has 0 spiro atoms. The molecule has 0 radical (unpaired) electrons. The zero-order chi connectivity index (χ0) is 37.9. The van der Waals surface area contributed by atoms with E-state index in [0.29, 0.717) is 0 Å². The summed E-state index contributed by atoms with van der Waals surface area (Å²) < 4.78 is 9.23. The number of fused-ring (bicyclic) bond motifs is 14. The normalized spacial score (nSPS) is 12.1. The summed E-state index contributed by atoms with van der Waals surface area (Å²) in [4.78, 5) is 0. The highest BCUT2D eigenvalue weighted by atomic mass is 32.1. The first-order chi connectivity index (χ1) is 28.8. The molecule has 1 nitrogen and oxygen atoms in total. The Morgan fingerprint density at radius 1 is 0.328 bits per heavy atom. The lowest BCUT2D eigenvalue weighted by Crippen LogP contribution is -1.93. The minimum Gasteiger partial charge on any atom is -0.455 e. The molecule has 0 aliphatic rings. The van der Waals surface area contributed by atoms with Gasteiger partial charge in [0.1, 0.15) is 11.2 Å². The van der Waals surface area contributed by atoms with Crippen LogP contribution in [0.4, 0.5) is 0 Å². The standard InChI is InChI=1S/C56H32OS/c1-2-16-35-33(14-1)15-13-26-39(35)51-40-19-5-7-21-42(40)52(43-22-8-6-20-41(43)51)45-31-30-36(37-17-3-4-18-38(37)45)34-28-29-48-50(32-34)58-56-46-24-10-9-23-44(46)53-47-25-11-12-27-49(47)57-55(53)54(48)56/h1-32H. The van der Waals surface area contributed by atoms with Gasteiger partial charge in [0.25, 0.3) is 0 Å². The van der Waals surface area contributed by atoms with E-state index >= 15 is 0 Å². The Hall–Kier alpha value is -7.26. The fourth-order valence-electron chi connectivity index (χ4n) is 9.99. The van der Waals surface area contributed by atoms with Crippen LogP contribution in [0.25, 0.3) is 129 Å². The Bertz CT molecular complexity index is 3800. The molecule has 11 aromatic carbocycles. The Morgan fingerprint density at radius 3 is 1.55 bits per heavy atom. The van der Waals surface area contributed by atoms with Crippen molar-refractivity contribution in [1.29, 1.82) is 0 Å². The number of hydrogen-bond donors (Lipinski definition) is 0. The molecule has 0 bridgehead atoms. The second kappa shape index (κ2) is 12.1. The van der Waals surface area contributed by atoms with Gasteiger partial charge in [-0.15, -0.1) is 11.3 Å². The summed E-state index contributed by atoms with van der Waals surface area (Å²) in [5.41, 5.74) is 9.44. The molecule has 0 aliphatic carbocycles. The van der Waals surface area contributed by atoms with Gasteiger partial charge in [-0.3, -0.25) is 0 Å². The number of furan rings is 1. The van der Waals surface area contributed by atoms with E-state index in [1.807, 2.05) is 11.3 Å². The van der Waals surface area contributed by atoms with Crippen LogP contribution in [0, 0.1) is 0 Å². The van der Waals surface area contributed by atoms with Crippen molar-refractivity contribution in [2.45, 2.75) is 0 Å². The summed E-state index contributed by atoms with van der Waals surface area (Å²) in [7, 11) is 0. The van der Waals surface area contributed by atoms with Gasteiger partial charge in [0, 0.05) is 36.3 Å². The average molecular weight is 753 g/mol. The first-order valence-electron chi connectivity index (χ1n) is 19.9. The first kappa shape index (κ1) is 31.9. The third-order valence-corrected chi connectivity index (χ3v) is 13.6.